The summed E-state index contributed by atoms with van der Waals surface area (Å²) >= 11 is 0. The van der Waals surface area contributed by atoms with E-state index in [1.807, 2.05) is 30.3 Å². The largest absolute Gasteiger partial charge is 0.460 e. The maximum absolute atomic E-state index is 6.06. The molecule has 2 heterocycles. The Morgan fingerprint density at radius 3 is 2.71 bits per heavy atom. The maximum Gasteiger partial charge on any atom is 0.134 e. The molecular formula is C19H15NO. The van der Waals surface area contributed by atoms with Gasteiger partial charge in [0.1, 0.15) is 11.3 Å². The molecule has 0 amide bonds. The maximum atomic E-state index is 6.06. The molecule has 0 atom stereocenters. The Morgan fingerprint density at radius 2 is 1.76 bits per heavy atom. The van der Waals surface area contributed by atoms with Gasteiger partial charge >= 0.3 is 0 Å². The third-order valence-corrected chi connectivity index (χ3v) is 3.83. The summed E-state index contributed by atoms with van der Waals surface area (Å²) in [6, 6.07) is 16.4. The van der Waals surface area contributed by atoms with Gasteiger partial charge in [0.05, 0.1) is 0 Å². The second-order valence-electron chi connectivity index (χ2n) is 5.25. The summed E-state index contributed by atoms with van der Waals surface area (Å²) < 4.78 is 6.06. The highest BCUT2D eigenvalue weighted by Gasteiger charge is 2.15. The number of fused-ring (bicyclic) bond motifs is 4. The van der Waals surface area contributed by atoms with E-state index in [2.05, 4.69) is 42.2 Å². The lowest BCUT2D eigenvalue weighted by molar-refractivity contribution is 0.562. The molecule has 1 N–H and O–H groups in total. The minimum atomic E-state index is 0.769. The van der Waals surface area contributed by atoms with Gasteiger partial charge in [-0.05, 0) is 29.8 Å². The molecule has 2 aromatic carbocycles. The minimum Gasteiger partial charge on any atom is -0.460 e. The molecule has 2 heteroatoms. The molecule has 0 saturated heterocycles. The Balaban J connectivity index is 1.97. The zero-order chi connectivity index (χ0) is 14.2. The first-order valence-corrected chi connectivity index (χ1v) is 7.03. The standard InChI is InChI=1S/C19H15NO/c1-13-10-11-16-15-7-3-5-9-18(15)21-19(16)12-14-6-2-4-8-17(14)20-13/h2-11,20H,1,12H2/b11-10-. The van der Waals surface area contributed by atoms with E-state index in [4.69, 9.17) is 4.42 Å². The number of rotatable bonds is 0. The fourth-order valence-electron chi connectivity index (χ4n) is 2.80. The quantitative estimate of drug-likeness (QED) is 0.625. The van der Waals surface area contributed by atoms with Crippen molar-refractivity contribution in [1.29, 1.82) is 0 Å². The Labute approximate surface area is 123 Å². The van der Waals surface area contributed by atoms with Crippen LogP contribution in [0.15, 0.2) is 71.3 Å². The zero-order valence-corrected chi connectivity index (χ0v) is 11.6. The molecule has 3 aromatic rings. The second kappa shape index (κ2) is 4.67. The van der Waals surface area contributed by atoms with Gasteiger partial charge in [0, 0.05) is 28.8 Å². The van der Waals surface area contributed by atoms with E-state index in [1.54, 1.807) is 0 Å². The molecule has 0 spiro atoms. The highest BCUT2D eigenvalue weighted by molar-refractivity contribution is 5.89. The number of hydrogen-bond acceptors (Lipinski definition) is 2. The van der Waals surface area contributed by atoms with Crippen molar-refractivity contribution in [2.75, 3.05) is 5.32 Å². The summed E-state index contributed by atoms with van der Waals surface area (Å²) in [5.41, 5.74) is 5.25. The number of nitrogens with one attached hydrogen (secondary N) is 1. The van der Waals surface area contributed by atoms with E-state index in [0.29, 0.717) is 0 Å². The first kappa shape index (κ1) is 12.0. The molecule has 0 fully saturated rings. The van der Waals surface area contributed by atoms with Gasteiger partial charge in [-0.25, -0.2) is 0 Å². The van der Waals surface area contributed by atoms with Crippen LogP contribution in [-0.4, -0.2) is 0 Å². The van der Waals surface area contributed by atoms with E-state index in [9.17, 15) is 0 Å². The van der Waals surface area contributed by atoms with Gasteiger partial charge in [-0.1, -0.05) is 43.0 Å². The number of anilines is 1. The summed E-state index contributed by atoms with van der Waals surface area (Å²) in [6.07, 6.45) is 4.86. The van der Waals surface area contributed by atoms with E-state index in [1.165, 1.54) is 5.56 Å². The molecule has 0 aliphatic carbocycles. The summed E-state index contributed by atoms with van der Waals surface area (Å²) in [6.45, 7) is 4.07. The van der Waals surface area contributed by atoms with Crippen LogP contribution in [0.1, 0.15) is 16.9 Å². The van der Waals surface area contributed by atoms with Crippen LogP contribution < -0.4 is 5.32 Å². The molecular weight excluding hydrogens is 258 g/mol. The minimum absolute atomic E-state index is 0.769. The molecule has 0 radical (unpaired) electrons. The Kier molecular flexibility index (Phi) is 2.68. The van der Waals surface area contributed by atoms with Crippen molar-refractivity contribution in [3.63, 3.8) is 0 Å². The normalized spacial score (nSPS) is 15.3. The van der Waals surface area contributed by atoms with Crippen LogP contribution in [-0.2, 0) is 6.42 Å². The third kappa shape index (κ3) is 2.05. The van der Waals surface area contributed by atoms with Gasteiger partial charge in [0.25, 0.3) is 0 Å². The van der Waals surface area contributed by atoms with E-state index in [-0.39, 0.29) is 0 Å². The monoisotopic (exact) mass is 273 g/mol. The molecule has 1 aliphatic rings. The Morgan fingerprint density at radius 1 is 0.952 bits per heavy atom. The fraction of sp³-hybridized carbons (Fsp3) is 0.0526. The molecule has 0 unspecified atom stereocenters. The molecule has 21 heavy (non-hydrogen) atoms. The topological polar surface area (TPSA) is 25.2 Å². The number of allylic oxidation sites excluding steroid dienone is 1. The van der Waals surface area contributed by atoms with Crippen LogP contribution in [0.3, 0.4) is 0 Å². The smallest absolute Gasteiger partial charge is 0.134 e. The van der Waals surface area contributed by atoms with Crippen LogP contribution in [0, 0.1) is 0 Å². The van der Waals surface area contributed by atoms with Crippen molar-refractivity contribution < 1.29 is 4.42 Å². The van der Waals surface area contributed by atoms with Crippen molar-refractivity contribution >= 4 is 22.7 Å². The molecule has 0 bridgehead atoms. The summed E-state index contributed by atoms with van der Waals surface area (Å²) in [5.74, 6) is 0.997. The van der Waals surface area contributed by atoms with Gasteiger partial charge in [-0.15, -0.1) is 0 Å². The van der Waals surface area contributed by atoms with Crippen LogP contribution >= 0.6 is 0 Å². The number of furan rings is 1. The fourth-order valence-corrected chi connectivity index (χ4v) is 2.80. The molecule has 102 valence electrons. The predicted molar refractivity (Wildman–Crippen MR) is 87.3 cm³/mol. The third-order valence-electron chi connectivity index (χ3n) is 3.83. The van der Waals surface area contributed by atoms with Gasteiger partial charge < -0.3 is 9.73 Å². The lowest BCUT2D eigenvalue weighted by Gasteiger charge is -2.10. The van der Waals surface area contributed by atoms with E-state index in [0.717, 1.165) is 40.1 Å². The molecule has 1 aromatic heterocycles. The summed E-state index contributed by atoms with van der Waals surface area (Å²) in [7, 11) is 0. The van der Waals surface area contributed by atoms with Crippen molar-refractivity contribution in [3.05, 3.63) is 83.8 Å². The van der Waals surface area contributed by atoms with Crippen LogP contribution in [0.4, 0.5) is 5.69 Å². The lowest BCUT2D eigenvalue weighted by Crippen LogP contribution is -1.98. The summed E-state index contributed by atoms with van der Waals surface area (Å²) in [4.78, 5) is 0. The highest BCUT2D eigenvalue weighted by Crippen LogP contribution is 2.32. The van der Waals surface area contributed by atoms with Crippen LogP contribution in [0.2, 0.25) is 0 Å². The first-order valence-electron chi connectivity index (χ1n) is 7.03. The summed E-state index contributed by atoms with van der Waals surface area (Å²) in [5, 5.41) is 4.50. The molecule has 1 aliphatic heterocycles. The van der Waals surface area contributed by atoms with Gasteiger partial charge in [-0.2, -0.15) is 0 Å². The van der Waals surface area contributed by atoms with Gasteiger partial charge in [-0.3, -0.25) is 0 Å². The zero-order valence-electron chi connectivity index (χ0n) is 11.6. The van der Waals surface area contributed by atoms with E-state index >= 15 is 0 Å². The Bertz CT molecular complexity index is 870. The number of benzene rings is 2. The highest BCUT2D eigenvalue weighted by atomic mass is 16.3. The van der Waals surface area contributed by atoms with Crippen LogP contribution in [0.25, 0.3) is 17.0 Å². The van der Waals surface area contributed by atoms with Gasteiger partial charge in [0.2, 0.25) is 0 Å². The van der Waals surface area contributed by atoms with Crippen LogP contribution in [0.5, 0.6) is 0 Å². The molecule has 2 nitrogen and oxygen atoms in total. The Hall–Kier alpha value is -2.74. The van der Waals surface area contributed by atoms with Gasteiger partial charge in [0.15, 0.2) is 0 Å². The van der Waals surface area contributed by atoms with E-state index < -0.39 is 0 Å². The predicted octanol–water partition coefficient (Wildman–Crippen LogP) is 4.98. The van der Waals surface area contributed by atoms with Crippen molar-refractivity contribution in [2.45, 2.75) is 6.42 Å². The SMILES string of the molecule is C=C1/C=C\c2c(oc3ccccc23)Cc2ccccc2N1. The average molecular weight is 273 g/mol. The lowest BCUT2D eigenvalue weighted by atomic mass is 10.0. The number of para-hydroxylation sites is 2. The second-order valence-corrected chi connectivity index (χ2v) is 5.25. The number of hydrogen-bond donors (Lipinski definition) is 1. The van der Waals surface area contributed by atoms with Crippen molar-refractivity contribution in [3.8, 4) is 0 Å². The van der Waals surface area contributed by atoms with Crippen molar-refractivity contribution in [1.82, 2.24) is 0 Å². The molecule has 0 saturated carbocycles. The molecule has 4 rings (SSSR count). The average Bonchev–Trinajstić information content (AvgIpc) is 2.86. The first-order chi connectivity index (χ1) is 10.3. The van der Waals surface area contributed by atoms with Crippen molar-refractivity contribution in [2.24, 2.45) is 0 Å².